The van der Waals surface area contributed by atoms with E-state index in [2.05, 4.69) is 15.6 Å². The Morgan fingerprint density at radius 1 is 1.35 bits per heavy atom. The number of urea groups is 1. The van der Waals surface area contributed by atoms with Crippen LogP contribution in [0.2, 0.25) is 0 Å². The fourth-order valence-electron chi connectivity index (χ4n) is 2.78. The molecule has 0 bridgehead atoms. The quantitative estimate of drug-likeness (QED) is 0.680. The van der Waals surface area contributed by atoms with Crippen LogP contribution in [0.5, 0.6) is 0 Å². The molecule has 1 saturated carbocycles. The molecule has 1 heterocycles. The monoisotopic (exact) mass is 274 g/mol. The number of fused-ring (bicyclic) bond motifs is 1. The van der Waals surface area contributed by atoms with Gasteiger partial charge in [-0.1, -0.05) is 12.2 Å². The maximum Gasteiger partial charge on any atom is 0.342 e. The highest BCUT2D eigenvalue weighted by Gasteiger charge is 2.27. The van der Waals surface area contributed by atoms with Crippen molar-refractivity contribution in [3.8, 4) is 0 Å². The summed E-state index contributed by atoms with van der Waals surface area (Å²) >= 11 is 0. The number of carbonyl (C=O) groups is 2. The minimum atomic E-state index is -0.353. The number of aliphatic imine (C=N–C) groups is 1. The lowest BCUT2D eigenvalue weighted by Crippen LogP contribution is -2.41. The fourth-order valence-corrected chi connectivity index (χ4v) is 2.78. The average molecular weight is 274 g/mol. The van der Waals surface area contributed by atoms with E-state index >= 15 is 0 Å². The van der Waals surface area contributed by atoms with Gasteiger partial charge in [0, 0.05) is 17.7 Å². The summed E-state index contributed by atoms with van der Waals surface area (Å²) in [5.41, 5.74) is 7.00. The van der Waals surface area contributed by atoms with Crippen LogP contribution in [0, 0.1) is 0 Å². The number of nitrogens with two attached hydrogens (primary N) is 1. The van der Waals surface area contributed by atoms with Gasteiger partial charge in [-0.05, 0) is 31.8 Å². The third-order valence-corrected chi connectivity index (χ3v) is 3.97. The van der Waals surface area contributed by atoms with Gasteiger partial charge in [0.2, 0.25) is 0 Å². The first-order valence-corrected chi connectivity index (χ1v) is 6.97. The van der Waals surface area contributed by atoms with Crippen LogP contribution in [0.4, 0.5) is 4.79 Å². The highest BCUT2D eigenvalue weighted by Crippen LogP contribution is 2.18. The normalized spacial score (nSPS) is 32.0. The van der Waals surface area contributed by atoms with Crippen molar-refractivity contribution in [2.75, 3.05) is 0 Å². The van der Waals surface area contributed by atoms with Crippen molar-refractivity contribution in [2.24, 2.45) is 10.7 Å². The van der Waals surface area contributed by atoms with E-state index < -0.39 is 0 Å². The van der Waals surface area contributed by atoms with Crippen molar-refractivity contribution in [1.82, 2.24) is 10.6 Å². The third-order valence-electron chi connectivity index (χ3n) is 3.97. The molecule has 1 fully saturated rings. The molecule has 0 spiro atoms. The Bertz CT molecular complexity index is 527. The smallest absolute Gasteiger partial charge is 0.342 e. The van der Waals surface area contributed by atoms with Crippen LogP contribution in [-0.4, -0.2) is 35.8 Å². The SMILES string of the molecule is NC1CCC(NC(=O)C2=CC3=NC(=O)NC3C=C2)CC1. The van der Waals surface area contributed by atoms with E-state index in [1.165, 1.54) is 0 Å². The van der Waals surface area contributed by atoms with Crippen LogP contribution in [0.1, 0.15) is 25.7 Å². The molecule has 106 valence electrons. The van der Waals surface area contributed by atoms with Crippen LogP contribution in [0.15, 0.2) is 28.8 Å². The summed E-state index contributed by atoms with van der Waals surface area (Å²) in [6.45, 7) is 0. The first-order valence-electron chi connectivity index (χ1n) is 6.97. The Morgan fingerprint density at radius 2 is 2.10 bits per heavy atom. The van der Waals surface area contributed by atoms with Crippen molar-refractivity contribution in [2.45, 2.75) is 43.8 Å². The summed E-state index contributed by atoms with van der Waals surface area (Å²) in [5, 5.41) is 5.71. The van der Waals surface area contributed by atoms with E-state index in [0.29, 0.717) is 11.3 Å². The van der Waals surface area contributed by atoms with Gasteiger partial charge in [0.25, 0.3) is 5.91 Å². The summed E-state index contributed by atoms with van der Waals surface area (Å²) in [6, 6.07) is -0.0808. The minimum absolute atomic E-state index is 0.109. The zero-order valence-electron chi connectivity index (χ0n) is 11.1. The topological polar surface area (TPSA) is 96.6 Å². The van der Waals surface area contributed by atoms with Crippen molar-refractivity contribution in [1.29, 1.82) is 0 Å². The van der Waals surface area contributed by atoms with Gasteiger partial charge in [-0.25, -0.2) is 4.79 Å². The van der Waals surface area contributed by atoms with Gasteiger partial charge in [-0.15, -0.1) is 0 Å². The lowest BCUT2D eigenvalue weighted by molar-refractivity contribution is -0.118. The first kappa shape index (κ1) is 13.1. The molecule has 0 saturated heterocycles. The maximum atomic E-state index is 12.2. The van der Waals surface area contributed by atoms with Gasteiger partial charge in [0.15, 0.2) is 0 Å². The summed E-state index contributed by atoms with van der Waals surface area (Å²) in [4.78, 5) is 27.2. The second-order valence-electron chi connectivity index (χ2n) is 5.51. The molecule has 1 unspecified atom stereocenters. The lowest BCUT2D eigenvalue weighted by Gasteiger charge is -2.27. The molecule has 4 N–H and O–H groups in total. The van der Waals surface area contributed by atoms with E-state index in [0.717, 1.165) is 25.7 Å². The molecule has 0 radical (unpaired) electrons. The Morgan fingerprint density at radius 3 is 2.85 bits per heavy atom. The molecule has 0 aromatic rings. The molecular weight excluding hydrogens is 256 g/mol. The van der Waals surface area contributed by atoms with Gasteiger partial charge in [0.1, 0.15) is 0 Å². The summed E-state index contributed by atoms with van der Waals surface area (Å²) < 4.78 is 0. The average Bonchev–Trinajstić information content (AvgIpc) is 2.80. The summed E-state index contributed by atoms with van der Waals surface area (Å²) in [5.74, 6) is -0.109. The Kier molecular flexibility index (Phi) is 3.40. The number of carbonyl (C=O) groups excluding carboxylic acids is 2. The molecule has 0 aromatic heterocycles. The van der Waals surface area contributed by atoms with E-state index in [1.807, 2.05) is 0 Å². The zero-order chi connectivity index (χ0) is 14.1. The van der Waals surface area contributed by atoms with E-state index in [-0.39, 0.29) is 30.1 Å². The van der Waals surface area contributed by atoms with E-state index in [9.17, 15) is 9.59 Å². The van der Waals surface area contributed by atoms with Crippen molar-refractivity contribution in [3.63, 3.8) is 0 Å². The summed E-state index contributed by atoms with van der Waals surface area (Å²) in [6.07, 6.45) is 8.95. The standard InChI is InChI=1S/C14H18N4O2/c15-9-2-4-10(5-3-9)16-13(19)8-1-6-11-12(7-8)18-14(20)17-11/h1,6-7,9-11H,2-5,15H2,(H,16,19)(H,17,20). The zero-order valence-corrected chi connectivity index (χ0v) is 11.1. The minimum Gasteiger partial charge on any atom is -0.349 e. The predicted molar refractivity (Wildman–Crippen MR) is 75.4 cm³/mol. The van der Waals surface area contributed by atoms with Gasteiger partial charge in [-0.3, -0.25) is 4.79 Å². The Hall–Kier alpha value is -1.95. The van der Waals surface area contributed by atoms with Crippen LogP contribution in [-0.2, 0) is 4.79 Å². The number of hydrogen-bond acceptors (Lipinski definition) is 3. The molecule has 6 nitrogen and oxygen atoms in total. The predicted octanol–water partition coefficient (Wildman–Crippen LogP) is 0.402. The number of rotatable bonds is 2. The lowest BCUT2D eigenvalue weighted by atomic mass is 9.91. The van der Waals surface area contributed by atoms with Gasteiger partial charge in [0.05, 0.1) is 11.8 Å². The molecule has 2 aliphatic carbocycles. The van der Waals surface area contributed by atoms with Crippen LogP contribution in [0.25, 0.3) is 0 Å². The molecule has 1 aliphatic heterocycles. The Labute approximate surface area is 117 Å². The van der Waals surface area contributed by atoms with Crippen molar-refractivity contribution < 1.29 is 9.59 Å². The van der Waals surface area contributed by atoms with E-state index in [4.69, 9.17) is 5.73 Å². The highest BCUT2D eigenvalue weighted by molar-refractivity contribution is 6.16. The number of hydrogen-bond donors (Lipinski definition) is 3. The first-order chi connectivity index (χ1) is 9.61. The van der Waals surface area contributed by atoms with Gasteiger partial charge in [-0.2, -0.15) is 4.99 Å². The fraction of sp³-hybridized carbons (Fsp3) is 0.500. The third kappa shape index (κ3) is 2.65. The van der Waals surface area contributed by atoms with Gasteiger partial charge >= 0.3 is 6.03 Å². The molecule has 20 heavy (non-hydrogen) atoms. The number of amides is 3. The van der Waals surface area contributed by atoms with Crippen LogP contribution < -0.4 is 16.4 Å². The van der Waals surface area contributed by atoms with Gasteiger partial charge < -0.3 is 16.4 Å². The van der Waals surface area contributed by atoms with Crippen molar-refractivity contribution in [3.05, 3.63) is 23.8 Å². The number of nitrogens with zero attached hydrogens (tertiary/aromatic N) is 1. The molecule has 3 amide bonds. The van der Waals surface area contributed by atoms with Crippen LogP contribution in [0.3, 0.4) is 0 Å². The van der Waals surface area contributed by atoms with E-state index in [1.54, 1.807) is 18.2 Å². The Balaban J connectivity index is 1.63. The maximum absolute atomic E-state index is 12.2. The highest BCUT2D eigenvalue weighted by atomic mass is 16.2. The second-order valence-corrected chi connectivity index (χ2v) is 5.51. The molecule has 1 atom stereocenters. The summed E-state index contributed by atoms with van der Waals surface area (Å²) in [7, 11) is 0. The largest absolute Gasteiger partial charge is 0.349 e. The van der Waals surface area contributed by atoms with Crippen molar-refractivity contribution >= 4 is 17.6 Å². The molecule has 3 aliphatic rings. The number of nitrogens with one attached hydrogen (secondary N) is 2. The molecule has 3 rings (SSSR count). The second kappa shape index (κ2) is 5.20. The molecular formula is C14H18N4O2. The molecule has 6 heteroatoms. The molecule has 0 aromatic carbocycles. The van der Waals surface area contributed by atoms with Crippen LogP contribution >= 0.6 is 0 Å².